The molecule has 1 N–H and O–H groups in total. The van der Waals surface area contributed by atoms with Gasteiger partial charge >= 0.3 is 11.7 Å². The second-order valence-corrected chi connectivity index (χ2v) is 6.83. The van der Waals surface area contributed by atoms with Crippen molar-refractivity contribution in [2.45, 2.75) is 43.3 Å². The standard InChI is InChI=1S/C16H21N3O4S/c1-5-7-9-8-17-13-11(12(9)24-10(6-2)15(21)22)14(20)19(4)16(23)18(13)3/h8,10H,5-7H2,1-4H3,(H,21,22)/t10-/m0/s1. The smallest absolute Gasteiger partial charge is 0.332 e. The summed E-state index contributed by atoms with van der Waals surface area (Å²) in [4.78, 5) is 41.1. The zero-order chi connectivity index (χ0) is 18.0. The minimum atomic E-state index is -0.920. The lowest BCUT2D eigenvalue weighted by molar-refractivity contribution is -0.136. The van der Waals surface area contributed by atoms with Gasteiger partial charge in [-0.25, -0.2) is 9.78 Å². The first-order valence-corrected chi connectivity index (χ1v) is 8.68. The molecule has 2 aromatic rings. The van der Waals surface area contributed by atoms with E-state index in [-0.39, 0.29) is 5.65 Å². The van der Waals surface area contributed by atoms with Crippen LogP contribution in [-0.4, -0.2) is 30.4 Å². The van der Waals surface area contributed by atoms with Crippen LogP contribution in [0.15, 0.2) is 20.7 Å². The Morgan fingerprint density at radius 3 is 2.50 bits per heavy atom. The second kappa shape index (κ2) is 7.21. The number of carboxylic acids is 1. The van der Waals surface area contributed by atoms with Gasteiger partial charge in [0.2, 0.25) is 0 Å². The number of aliphatic carboxylic acids is 1. The first-order valence-electron chi connectivity index (χ1n) is 7.80. The molecule has 2 heterocycles. The highest BCUT2D eigenvalue weighted by Crippen LogP contribution is 2.33. The number of pyridine rings is 1. The molecule has 0 radical (unpaired) electrons. The number of carbonyl (C=O) groups is 1. The molecule has 2 rings (SSSR count). The van der Waals surface area contributed by atoms with E-state index in [2.05, 4.69) is 4.98 Å². The molecule has 0 bridgehead atoms. The summed E-state index contributed by atoms with van der Waals surface area (Å²) in [5.41, 5.74) is 0.224. The molecular formula is C16H21N3O4S. The molecule has 0 aliphatic carbocycles. The molecule has 0 spiro atoms. The van der Waals surface area contributed by atoms with E-state index in [1.165, 1.54) is 11.6 Å². The van der Waals surface area contributed by atoms with Crippen LogP contribution in [0.1, 0.15) is 32.3 Å². The van der Waals surface area contributed by atoms with Crippen molar-refractivity contribution in [3.8, 4) is 0 Å². The third-order valence-electron chi connectivity index (χ3n) is 3.92. The maximum Gasteiger partial charge on any atom is 0.332 e. The van der Waals surface area contributed by atoms with E-state index in [9.17, 15) is 19.5 Å². The predicted octanol–water partition coefficient (Wildman–Crippen LogP) is 1.54. The Morgan fingerprint density at radius 1 is 1.29 bits per heavy atom. The molecule has 0 aliphatic rings. The lowest BCUT2D eigenvalue weighted by Crippen LogP contribution is -2.37. The number of fused-ring (bicyclic) bond motifs is 1. The number of nitrogens with zero attached hydrogens (tertiary/aromatic N) is 3. The lowest BCUT2D eigenvalue weighted by atomic mass is 10.1. The van der Waals surface area contributed by atoms with E-state index in [4.69, 9.17) is 0 Å². The van der Waals surface area contributed by atoms with Crippen LogP contribution in [0.3, 0.4) is 0 Å². The Hall–Kier alpha value is -2.09. The van der Waals surface area contributed by atoms with Gasteiger partial charge in [-0.1, -0.05) is 20.3 Å². The maximum atomic E-state index is 12.7. The maximum absolute atomic E-state index is 12.7. The van der Waals surface area contributed by atoms with Crippen LogP contribution in [0.4, 0.5) is 0 Å². The van der Waals surface area contributed by atoms with Gasteiger partial charge in [0, 0.05) is 25.2 Å². The van der Waals surface area contributed by atoms with Crippen molar-refractivity contribution in [1.29, 1.82) is 0 Å². The summed E-state index contributed by atoms with van der Waals surface area (Å²) in [5.74, 6) is -0.920. The van der Waals surface area contributed by atoms with Crippen LogP contribution in [0, 0.1) is 0 Å². The third kappa shape index (κ3) is 3.10. The van der Waals surface area contributed by atoms with Crippen LogP contribution in [0.2, 0.25) is 0 Å². The summed E-state index contributed by atoms with van der Waals surface area (Å²) >= 11 is 1.16. The van der Waals surface area contributed by atoms with Crippen molar-refractivity contribution in [1.82, 2.24) is 14.1 Å². The van der Waals surface area contributed by atoms with Crippen molar-refractivity contribution in [2.75, 3.05) is 0 Å². The largest absolute Gasteiger partial charge is 0.480 e. The summed E-state index contributed by atoms with van der Waals surface area (Å²) < 4.78 is 2.35. The van der Waals surface area contributed by atoms with Gasteiger partial charge in [0.25, 0.3) is 5.56 Å². The number of carboxylic acid groups (broad SMARTS) is 1. The first-order chi connectivity index (χ1) is 11.3. The van der Waals surface area contributed by atoms with Crippen LogP contribution in [-0.2, 0) is 25.3 Å². The minimum absolute atomic E-state index is 0.283. The number of hydrogen-bond donors (Lipinski definition) is 1. The molecular weight excluding hydrogens is 330 g/mol. The van der Waals surface area contributed by atoms with E-state index in [1.54, 1.807) is 20.2 Å². The molecule has 0 aromatic carbocycles. The van der Waals surface area contributed by atoms with Gasteiger partial charge in [-0.3, -0.25) is 18.7 Å². The fourth-order valence-corrected chi connectivity index (χ4v) is 3.73. The van der Waals surface area contributed by atoms with E-state index in [0.717, 1.165) is 28.3 Å². The molecule has 0 unspecified atom stereocenters. The molecule has 24 heavy (non-hydrogen) atoms. The molecule has 0 fully saturated rings. The van der Waals surface area contributed by atoms with Crippen molar-refractivity contribution >= 4 is 28.8 Å². The van der Waals surface area contributed by atoms with Gasteiger partial charge in [-0.05, 0) is 18.4 Å². The van der Waals surface area contributed by atoms with Crippen LogP contribution in [0.25, 0.3) is 11.0 Å². The van der Waals surface area contributed by atoms with E-state index >= 15 is 0 Å². The molecule has 0 saturated carbocycles. The number of hydrogen-bond acceptors (Lipinski definition) is 5. The first kappa shape index (κ1) is 18.3. The average molecular weight is 351 g/mol. The Morgan fingerprint density at radius 2 is 1.96 bits per heavy atom. The fourth-order valence-electron chi connectivity index (χ4n) is 2.57. The van der Waals surface area contributed by atoms with E-state index in [1.807, 2.05) is 6.92 Å². The molecule has 2 aromatic heterocycles. The van der Waals surface area contributed by atoms with Crippen LogP contribution in [0.5, 0.6) is 0 Å². The van der Waals surface area contributed by atoms with Gasteiger partial charge in [0.05, 0.1) is 5.39 Å². The van der Waals surface area contributed by atoms with Crippen molar-refractivity contribution in [3.05, 3.63) is 32.6 Å². The molecule has 1 atom stereocenters. The quantitative estimate of drug-likeness (QED) is 0.794. The normalized spacial score (nSPS) is 12.5. The van der Waals surface area contributed by atoms with Crippen LogP contribution < -0.4 is 11.2 Å². The molecule has 7 nitrogen and oxygen atoms in total. The van der Waals surface area contributed by atoms with Crippen molar-refractivity contribution in [2.24, 2.45) is 14.1 Å². The Labute approximate surface area is 143 Å². The van der Waals surface area contributed by atoms with Gasteiger partial charge in [-0.15, -0.1) is 11.8 Å². The third-order valence-corrected chi connectivity index (χ3v) is 5.44. The van der Waals surface area contributed by atoms with Gasteiger partial charge in [-0.2, -0.15) is 0 Å². The summed E-state index contributed by atoms with van der Waals surface area (Å²) in [6.07, 6.45) is 3.60. The SMILES string of the molecule is CCCc1cnc2c(c1S[C@@H](CC)C(=O)O)c(=O)n(C)c(=O)n2C. The highest BCUT2D eigenvalue weighted by Gasteiger charge is 2.23. The monoisotopic (exact) mass is 351 g/mol. The molecule has 0 aliphatic heterocycles. The lowest BCUT2D eigenvalue weighted by Gasteiger charge is -2.16. The summed E-state index contributed by atoms with van der Waals surface area (Å²) in [6.45, 7) is 3.80. The zero-order valence-corrected chi connectivity index (χ0v) is 15.0. The number of aryl methyl sites for hydroxylation is 2. The molecule has 0 saturated heterocycles. The summed E-state index contributed by atoms with van der Waals surface area (Å²) in [6, 6.07) is 0. The van der Waals surface area contributed by atoms with Crippen molar-refractivity contribution < 1.29 is 9.90 Å². The highest BCUT2D eigenvalue weighted by atomic mass is 32.2. The zero-order valence-electron chi connectivity index (χ0n) is 14.2. The number of aromatic nitrogens is 3. The van der Waals surface area contributed by atoms with E-state index in [0.29, 0.717) is 23.1 Å². The highest BCUT2D eigenvalue weighted by molar-refractivity contribution is 8.00. The fraction of sp³-hybridized carbons (Fsp3) is 0.500. The number of rotatable bonds is 6. The van der Waals surface area contributed by atoms with Crippen molar-refractivity contribution in [3.63, 3.8) is 0 Å². The van der Waals surface area contributed by atoms with Gasteiger partial charge < -0.3 is 5.11 Å². The Kier molecular flexibility index (Phi) is 5.48. The molecule has 130 valence electrons. The predicted molar refractivity (Wildman–Crippen MR) is 93.8 cm³/mol. The Bertz CT molecular complexity index is 901. The average Bonchev–Trinajstić information content (AvgIpc) is 2.56. The topological polar surface area (TPSA) is 94.2 Å². The van der Waals surface area contributed by atoms with Gasteiger partial charge in [0.1, 0.15) is 10.9 Å². The molecule has 0 amide bonds. The molecule has 8 heteroatoms. The van der Waals surface area contributed by atoms with Crippen LogP contribution >= 0.6 is 11.8 Å². The summed E-state index contributed by atoms with van der Waals surface area (Å²) in [7, 11) is 2.97. The second-order valence-electron chi connectivity index (χ2n) is 5.62. The Balaban J connectivity index is 2.86. The minimum Gasteiger partial charge on any atom is -0.480 e. The van der Waals surface area contributed by atoms with Gasteiger partial charge in [0.15, 0.2) is 0 Å². The van der Waals surface area contributed by atoms with E-state index < -0.39 is 22.5 Å². The summed E-state index contributed by atoms with van der Waals surface area (Å²) in [5, 5.41) is 9.03. The number of thioether (sulfide) groups is 1.